The number of hydrogen-bond donors (Lipinski definition) is 1. The molecule has 0 spiro atoms. The zero-order chi connectivity index (χ0) is 28.6. The van der Waals surface area contributed by atoms with Crippen LogP contribution in [0.25, 0.3) is 71.9 Å². The van der Waals surface area contributed by atoms with Crippen molar-refractivity contribution < 1.29 is 26.2 Å². The summed E-state index contributed by atoms with van der Waals surface area (Å²) in [6.45, 7) is 6.55. The molecule has 4 heterocycles. The number of aromatic hydroxyl groups is 1. The fourth-order valence-corrected chi connectivity index (χ4v) is 6.16. The van der Waals surface area contributed by atoms with Crippen molar-refractivity contribution >= 4 is 38.4 Å². The normalized spacial score (nSPS) is 12.0. The van der Waals surface area contributed by atoms with Crippen LogP contribution in [0.5, 0.6) is 5.75 Å². The van der Waals surface area contributed by atoms with E-state index in [2.05, 4.69) is 98.0 Å². The molecule has 0 saturated carbocycles. The quantitative estimate of drug-likeness (QED) is 0.184. The van der Waals surface area contributed by atoms with Gasteiger partial charge in [0.05, 0.1) is 11.3 Å². The van der Waals surface area contributed by atoms with Crippen LogP contribution in [0.15, 0.2) is 109 Å². The van der Waals surface area contributed by atoms with Crippen molar-refractivity contribution in [2.45, 2.75) is 26.2 Å². The van der Waals surface area contributed by atoms with E-state index in [0.29, 0.717) is 0 Å². The molecule has 0 saturated heterocycles. The second-order valence-electron chi connectivity index (χ2n) is 12.0. The maximum absolute atomic E-state index is 11.0. The number of benzene rings is 4. The molecule has 43 heavy (non-hydrogen) atoms. The number of phenols is 1. The van der Waals surface area contributed by atoms with Gasteiger partial charge in [-0.3, -0.25) is 9.38 Å². The van der Waals surface area contributed by atoms with Gasteiger partial charge >= 0.3 is 0 Å². The Morgan fingerprint density at radius 1 is 0.674 bits per heavy atom. The van der Waals surface area contributed by atoms with Gasteiger partial charge in [-0.2, -0.15) is 0 Å². The summed E-state index contributed by atoms with van der Waals surface area (Å²) in [5, 5.41) is 15.6. The number of fused-ring (bicyclic) bond motifs is 6. The molecule has 0 aliphatic carbocycles. The molecule has 0 bridgehead atoms. The molecular weight excluding hydrogens is 710 g/mol. The van der Waals surface area contributed by atoms with Gasteiger partial charge in [0.15, 0.2) is 0 Å². The van der Waals surface area contributed by atoms with Gasteiger partial charge in [-0.15, -0.1) is 23.8 Å². The smallest absolute Gasteiger partial charge is 0.146 e. The van der Waals surface area contributed by atoms with Gasteiger partial charge in [0.2, 0.25) is 0 Å². The van der Waals surface area contributed by atoms with E-state index >= 15 is 0 Å². The Labute approximate surface area is 264 Å². The molecule has 4 aromatic carbocycles. The second-order valence-corrected chi connectivity index (χ2v) is 12.0. The third-order valence-electron chi connectivity index (χ3n) is 8.33. The number of rotatable bonds is 3. The molecule has 0 aliphatic heterocycles. The van der Waals surface area contributed by atoms with Crippen LogP contribution in [0.3, 0.4) is 0 Å². The van der Waals surface area contributed by atoms with Crippen LogP contribution in [-0.2, 0) is 26.5 Å². The molecule has 5 heteroatoms. The predicted molar refractivity (Wildman–Crippen MR) is 172 cm³/mol. The van der Waals surface area contributed by atoms with Crippen LogP contribution >= 0.6 is 0 Å². The van der Waals surface area contributed by atoms with Crippen LogP contribution < -0.4 is 0 Å². The number of para-hydroxylation sites is 1. The molecule has 0 unspecified atom stereocenters. The summed E-state index contributed by atoms with van der Waals surface area (Å²) in [6, 6.07) is 38.9. The Kier molecular flexibility index (Phi) is 6.37. The van der Waals surface area contributed by atoms with Crippen LogP contribution in [0, 0.1) is 6.07 Å². The summed E-state index contributed by atoms with van der Waals surface area (Å²) in [5.74, 6) is 0.236. The standard InChI is InChI=1S/C38H28N3O.Pt/c1-38(2,3)27-14-17-34(42)32(22-27)25-19-24(23-9-5-4-6-10-23)20-26(21-25)33-16-15-31-29-12-7-11-28-30-13-8-18-39-36(30)41(35(28)29)37(31)40-33;/h4-20,22,42H,1-3H3;/q-1;. The van der Waals surface area contributed by atoms with E-state index in [4.69, 9.17) is 9.97 Å². The van der Waals surface area contributed by atoms with E-state index < -0.39 is 0 Å². The topological polar surface area (TPSA) is 50.4 Å². The van der Waals surface area contributed by atoms with Crippen molar-refractivity contribution in [3.8, 4) is 39.3 Å². The maximum atomic E-state index is 11.0. The Morgan fingerprint density at radius 3 is 2.16 bits per heavy atom. The average Bonchev–Trinajstić information content (AvgIpc) is 3.53. The number of aromatic nitrogens is 3. The molecule has 212 valence electrons. The summed E-state index contributed by atoms with van der Waals surface area (Å²) < 4.78 is 2.19. The second kappa shape index (κ2) is 10.0. The fraction of sp³-hybridized carbons (Fsp3) is 0.105. The van der Waals surface area contributed by atoms with Gasteiger partial charge in [0, 0.05) is 54.5 Å². The Bertz CT molecular complexity index is 2300. The predicted octanol–water partition coefficient (Wildman–Crippen LogP) is 9.43. The minimum atomic E-state index is -0.0578. The fourth-order valence-electron chi connectivity index (χ4n) is 6.16. The zero-order valence-electron chi connectivity index (χ0n) is 24.0. The van der Waals surface area contributed by atoms with Crippen LogP contribution in [0.1, 0.15) is 26.3 Å². The average molecular weight is 738 g/mol. The van der Waals surface area contributed by atoms with Crippen LogP contribution in [0.4, 0.5) is 0 Å². The monoisotopic (exact) mass is 737 g/mol. The van der Waals surface area contributed by atoms with Crippen LogP contribution in [0.2, 0.25) is 0 Å². The molecule has 4 aromatic heterocycles. The minimum absolute atomic E-state index is 0. The number of pyridine rings is 2. The van der Waals surface area contributed by atoms with E-state index in [1.165, 1.54) is 10.8 Å². The third kappa shape index (κ3) is 4.32. The first-order valence-electron chi connectivity index (χ1n) is 14.2. The van der Waals surface area contributed by atoms with E-state index in [0.717, 1.165) is 66.7 Å². The Hall–Kier alpha value is -4.53. The van der Waals surface area contributed by atoms with Crippen molar-refractivity contribution in [2.75, 3.05) is 0 Å². The molecule has 0 radical (unpaired) electrons. The molecule has 4 nitrogen and oxygen atoms in total. The summed E-state index contributed by atoms with van der Waals surface area (Å²) >= 11 is 0. The summed E-state index contributed by atoms with van der Waals surface area (Å²) in [5.41, 5.74) is 9.45. The van der Waals surface area contributed by atoms with Gasteiger partial charge in [0.1, 0.15) is 11.3 Å². The number of nitrogens with zero attached hydrogens (tertiary/aromatic N) is 3. The molecule has 0 fully saturated rings. The van der Waals surface area contributed by atoms with Crippen molar-refractivity contribution in [1.82, 2.24) is 14.4 Å². The molecule has 0 aliphatic rings. The number of phenolic OH excluding ortho intramolecular Hbond substituents is 1. The van der Waals surface area contributed by atoms with E-state index in [9.17, 15) is 5.11 Å². The third-order valence-corrected chi connectivity index (χ3v) is 8.33. The molecule has 8 rings (SSSR count). The minimum Gasteiger partial charge on any atom is -0.515 e. The largest absolute Gasteiger partial charge is 0.515 e. The van der Waals surface area contributed by atoms with Gasteiger partial charge < -0.3 is 5.11 Å². The van der Waals surface area contributed by atoms with Crippen LogP contribution in [-0.4, -0.2) is 19.5 Å². The summed E-state index contributed by atoms with van der Waals surface area (Å²) in [4.78, 5) is 10.0. The van der Waals surface area contributed by atoms with Crippen molar-refractivity contribution in [2.24, 2.45) is 0 Å². The van der Waals surface area contributed by atoms with Crippen molar-refractivity contribution in [3.63, 3.8) is 0 Å². The first-order chi connectivity index (χ1) is 20.4. The Morgan fingerprint density at radius 2 is 1.40 bits per heavy atom. The zero-order valence-corrected chi connectivity index (χ0v) is 26.3. The van der Waals surface area contributed by atoms with Gasteiger partial charge in [-0.05, 0) is 40.3 Å². The summed E-state index contributed by atoms with van der Waals surface area (Å²) in [7, 11) is 0. The van der Waals surface area contributed by atoms with Crippen molar-refractivity contribution in [3.05, 3.63) is 121 Å². The first kappa shape index (κ1) is 27.3. The van der Waals surface area contributed by atoms with E-state index in [-0.39, 0.29) is 32.2 Å². The molecule has 0 atom stereocenters. The SMILES string of the molecule is CC(C)(C)c1ccc(O)c(-c2[c-]c(-c3ccc4c5cccc6c7cccnc7n(c4n3)c65)cc(-c3ccccc3)c2)c1.[Pt]. The Balaban J connectivity index is 0.00000300. The summed E-state index contributed by atoms with van der Waals surface area (Å²) in [6.07, 6.45) is 1.84. The molecular formula is C38H28N3OPt-. The molecule has 8 aromatic rings. The van der Waals surface area contributed by atoms with Gasteiger partial charge in [-0.25, -0.2) is 4.98 Å². The van der Waals surface area contributed by atoms with Gasteiger partial charge in [-0.1, -0.05) is 105 Å². The van der Waals surface area contributed by atoms with E-state index in [1.54, 1.807) is 6.07 Å². The maximum Gasteiger partial charge on any atom is 0.146 e. The first-order valence-corrected chi connectivity index (χ1v) is 14.2. The van der Waals surface area contributed by atoms with E-state index in [1.807, 2.05) is 36.5 Å². The molecule has 0 amide bonds. The number of hydrogen-bond acceptors (Lipinski definition) is 3. The van der Waals surface area contributed by atoms with Crippen molar-refractivity contribution in [1.29, 1.82) is 0 Å². The molecule has 1 N–H and O–H groups in total. The van der Waals surface area contributed by atoms with Gasteiger partial charge in [0.25, 0.3) is 0 Å².